The smallest absolute Gasteiger partial charge is 0.338 e. The fourth-order valence-electron chi connectivity index (χ4n) is 3.63. The number of amides is 1. The Morgan fingerprint density at radius 2 is 1.23 bits per heavy atom. The van der Waals surface area contributed by atoms with Gasteiger partial charge in [0.2, 0.25) is 0 Å². The molecular weight excluding hydrogens is 572 g/mol. The number of hydrogen-bond acceptors (Lipinski definition) is 8. The molecule has 3 aromatic rings. The number of ether oxygens (including phenoxy) is 2. The maximum atomic E-state index is 13.3. The van der Waals surface area contributed by atoms with Crippen LogP contribution in [-0.2, 0) is 34.3 Å². The lowest BCUT2D eigenvalue weighted by molar-refractivity contribution is -0.138. The van der Waals surface area contributed by atoms with Gasteiger partial charge in [0.05, 0.1) is 39.9 Å². The van der Waals surface area contributed by atoms with Crippen LogP contribution < -0.4 is 9.44 Å². The molecule has 0 radical (unpaired) electrons. The SMILES string of the molecule is O=C(OCC(=O)N1CCOCC1)c1cc(NS(=O)(=O)c2ccc(F)cc2)cc(NS(=O)(=O)c2ccc(F)cc2)c1. The molecule has 1 fully saturated rings. The normalized spacial score (nSPS) is 13.9. The van der Waals surface area contributed by atoms with Crippen LogP contribution in [0, 0.1) is 11.6 Å². The minimum absolute atomic E-state index is 0.241. The molecule has 0 atom stereocenters. The Kier molecular flexibility index (Phi) is 8.66. The van der Waals surface area contributed by atoms with Gasteiger partial charge in [-0.1, -0.05) is 0 Å². The van der Waals surface area contributed by atoms with Crippen molar-refractivity contribution < 1.29 is 44.7 Å². The van der Waals surface area contributed by atoms with Gasteiger partial charge in [-0.2, -0.15) is 0 Å². The summed E-state index contributed by atoms with van der Waals surface area (Å²) in [6.45, 7) is 0.723. The van der Waals surface area contributed by atoms with Gasteiger partial charge in [-0.3, -0.25) is 14.2 Å². The highest BCUT2D eigenvalue weighted by atomic mass is 32.2. The second-order valence-electron chi connectivity index (χ2n) is 8.49. The molecule has 3 aromatic carbocycles. The first-order chi connectivity index (χ1) is 18.9. The molecule has 11 nitrogen and oxygen atoms in total. The summed E-state index contributed by atoms with van der Waals surface area (Å²) in [7, 11) is -8.58. The molecule has 15 heteroatoms. The fourth-order valence-corrected chi connectivity index (χ4v) is 5.71. The molecule has 1 aliphatic heterocycles. The summed E-state index contributed by atoms with van der Waals surface area (Å²) in [4.78, 5) is 26.0. The molecule has 0 unspecified atom stereocenters. The molecule has 0 spiro atoms. The number of rotatable bonds is 9. The van der Waals surface area contributed by atoms with Gasteiger partial charge >= 0.3 is 5.97 Å². The maximum absolute atomic E-state index is 13.3. The average Bonchev–Trinajstić information content (AvgIpc) is 2.92. The van der Waals surface area contributed by atoms with Gasteiger partial charge in [0, 0.05) is 13.1 Å². The molecule has 2 N–H and O–H groups in total. The molecule has 0 saturated carbocycles. The van der Waals surface area contributed by atoms with Crippen LogP contribution in [0.2, 0.25) is 0 Å². The van der Waals surface area contributed by atoms with E-state index in [4.69, 9.17) is 9.47 Å². The number of benzene rings is 3. The fraction of sp³-hybridized carbons (Fsp3) is 0.200. The highest BCUT2D eigenvalue weighted by Crippen LogP contribution is 2.25. The number of morpholine rings is 1. The van der Waals surface area contributed by atoms with Gasteiger partial charge < -0.3 is 14.4 Å². The van der Waals surface area contributed by atoms with Crippen molar-refractivity contribution in [1.82, 2.24) is 4.90 Å². The number of halogens is 2. The number of sulfonamides is 2. The van der Waals surface area contributed by atoms with Crippen LogP contribution in [0.15, 0.2) is 76.5 Å². The van der Waals surface area contributed by atoms with Crippen LogP contribution in [0.4, 0.5) is 20.2 Å². The van der Waals surface area contributed by atoms with Crippen LogP contribution >= 0.6 is 0 Å². The predicted molar refractivity (Wildman–Crippen MR) is 139 cm³/mol. The second kappa shape index (κ2) is 12.0. The zero-order chi connectivity index (χ0) is 28.9. The van der Waals surface area contributed by atoms with Gasteiger partial charge in [0.25, 0.3) is 26.0 Å². The van der Waals surface area contributed by atoms with E-state index in [1.165, 1.54) is 4.90 Å². The number of carbonyl (C=O) groups excluding carboxylic acids is 2. The number of anilines is 2. The van der Waals surface area contributed by atoms with Crippen LogP contribution in [0.25, 0.3) is 0 Å². The third-order valence-electron chi connectivity index (χ3n) is 5.61. The largest absolute Gasteiger partial charge is 0.452 e. The van der Waals surface area contributed by atoms with Crippen molar-refractivity contribution in [2.75, 3.05) is 42.4 Å². The Labute approximate surface area is 228 Å². The van der Waals surface area contributed by atoms with Gasteiger partial charge in [0.1, 0.15) is 11.6 Å². The highest BCUT2D eigenvalue weighted by Gasteiger charge is 2.22. The lowest BCUT2D eigenvalue weighted by atomic mass is 10.2. The summed E-state index contributed by atoms with van der Waals surface area (Å²) in [5.41, 5.74) is -0.768. The minimum atomic E-state index is -4.29. The Hall–Kier alpha value is -4.08. The second-order valence-corrected chi connectivity index (χ2v) is 11.9. The first-order valence-electron chi connectivity index (χ1n) is 11.7. The number of carbonyl (C=O) groups is 2. The Morgan fingerprint density at radius 1 is 0.775 bits per heavy atom. The molecule has 212 valence electrons. The quantitative estimate of drug-likeness (QED) is 0.359. The maximum Gasteiger partial charge on any atom is 0.338 e. The Bertz CT molecular complexity index is 1510. The van der Waals surface area contributed by atoms with Crippen molar-refractivity contribution in [3.05, 3.63) is 83.9 Å². The van der Waals surface area contributed by atoms with E-state index < -0.39 is 50.2 Å². The van der Waals surface area contributed by atoms with Crippen LogP contribution in [-0.4, -0.2) is 66.5 Å². The van der Waals surface area contributed by atoms with E-state index in [1.54, 1.807) is 0 Å². The number of nitrogens with zero attached hydrogens (tertiary/aromatic N) is 1. The number of esters is 1. The molecule has 1 heterocycles. The average molecular weight is 596 g/mol. The zero-order valence-corrected chi connectivity index (χ0v) is 22.3. The molecular formula is C25H23F2N3O8S2. The topological polar surface area (TPSA) is 148 Å². The van der Waals surface area contributed by atoms with Crippen molar-refractivity contribution >= 4 is 43.3 Å². The number of nitrogens with one attached hydrogen (secondary N) is 2. The first kappa shape index (κ1) is 28.9. The first-order valence-corrected chi connectivity index (χ1v) is 14.6. The third-order valence-corrected chi connectivity index (χ3v) is 8.41. The van der Waals surface area contributed by atoms with Crippen molar-refractivity contribution in [1.29, 1.82) is 0 Å². The molecule has 40 heavy (non-hydrogen) atoms. The van der Waals surface area contributed by atoms with Crippen molar-refractivity contribution in [2.24, 2.45) is 0 Å². The van der Waals surface area contributed by atoms with E-state index in [1.807, 2.05) is 0 Å². The molecule has 4 rings (SSSR count). The molecule has 1 saturated heterocycles. The van der Waals surface area contributed by atoms with Gasteiger partial charge in [-0.15, -0.1) is 0 Å². The number of hydrogen-bond donors (Lipinski definition) is 2. The monoisotopic (exact) mass is 595 g/mol. The van der Waals surface area contributed by atoms with Crippen molar-refractivity contribution in [2.45, 2.75) is 9.79 Å². The van der Waals surface area contributed by atoms with Gasteiger partial charge in [-0.05, 0) is 66.7 Å². The molecule has 0 bridgehead atoms. The zero-order valence-electron chi connectivity index (χ0n) is 20.7. The Balaban J connectivity index is 1.62. The van der Waals surface area contributed by atoms with E-state index in [9.17, 15) is 35.2 Å². The third kappa shape index (κ3) is 7.31. The van der Waals surface area contributed by atoms with Crippen LogP contribution in [0.3, 0.4) is 0 Å². The van der Waals surface area contributed by atoms with Crippen molar-refractivity contribution in [3.8, 4) is 0 Å². The predicted octanol–water partition coefficient (Wildman–Crippen LogP) is 2.58. The molecule has 1 aliphatic rings. The summed E-state index contributed by atoms with van der Waals surface area (Å²) in [5.74, 6) is -2.82. The molecule has 1 amide bonds. The minimum Gasteiger partial charge on any atom is -0.452 e. The summed E-state index contributed by atoms with van der Waals surface area (Å²) >= 11 is 0. The highest BCUT2D eigenvalue weighted by molar-refractivity contribution is 7.93. The lowest BCUT2D eigenvalue weighted by Crippen LogP contribution is -2.42. The van der Waals surface area contributed by atoms with E-state index >= 15 is 0 Å². The molecule has 0 aromatic heterocycles. The summed E-state index contributed by atoms with van der Waals surface area (Å²) < 4.78 is 92.6. The summed E-state index contributed by atoms with van der Waals surface area (Å²) in [5, 5.41) is 0. The Morgan fingerprint density at radius 3 is 1.68 bits per heavy atom. The van der Waals surface area contributed by atoms with Crippen LogP contribution in [0.5, 0.6) is 0 Å². The van der Waals surface area contributed by atoms with Crippen LogP contribution in [0.1, 0.15) is 10.4 Å². The standard InChI is InChI=1S/C25H23F2N3O8S2/c26-18-1-5-22(6-2-18)39(33,34)28-20-13-17(25(32)38-16-24(31)30-9-11-37-12-10-30)14-21(15-20)29-40(35,36)23-7-3-19(27)4-8-23/h1-8,13-15,28-29H,9-12,16H2. The van der Waals surface area contributed by atoms with E-state index in [0.717, 1.165) is 66.7 Å². The van der Waals surface area contributed by atoms with Crippen molar-refractivity contribution in [3.63, 3.8) is 0 Å². The summed E-state index contributed by atoms with van der Waals surface area (Å²) in [6.07, 6.45) is 0. The van der Waals surface area contributed by atoms with E-state index in [0.29, 0.717) is 26.3 Å². The van der Waals surface area contributed by atoms with Gasteiger partial charge in [-0.25, -0.2) is 30.4 Å². The summed E-state index contributed by atoms with van der Waals surface area (Å²) in [6, 6.07) is 11.1. The van der Waals surface area contributed by atoms with E-state index in [2.05, 4.69) is 9.44 Å². The molecule has 0 aliphatic carbocycles. The lowest BCUT2D eigenvalue weighted by Gasteiger charge is -2.26. The van der Waals surface area contributed by atoms with E-state index in [-0.39, 0.29) is 26.7 Å². The van der Waals surface area contributed by atoms with Gasteiger partial charge in [0.15, 0.2) is 6.61 Å².